The van der Waals surface area contributed by atoms with E-state index in [-0.39, 0.29) is 30.5 Å². The number of imidazole rings is 1. The molecule has 1 N–H and O–H groups in total. The minimum Gasteiger partial charge on any atom is -0.459 e. The van der Waals surface area contributed by atoms with Gasteiger partial charge in [0.1, 0.15) is 5.82 Å². The Balaban J connectivity index is 1.61. The highest BCUT2D eigenvalue weighted by Crippen LogP contribution is 2.17. The van der Waals surface area contributed by atoms with E-state index in [0.717, 1.165) is 11.0 Å². The normalized spacial score (nSPS) is 10.8. The summed E-state index contributed by atoms with van der Waals surface area (Å²) in [5.74, 6) is 0.503. The summed E-state index contributed by atoms with van der Waals surface area (Å²) in [6.07, 6.45) is 1.45. The van der Waals surface area contributed by atoms with Crippen LogP contribution in [0.2, 0.25) is 0 Å². The van der Waals surface area contributed by atoms with Gasteiger partial charge in [-0.3, -0.25) is 9.59 Å². The number of carbonyl (C=O) groups excluding carboxylic acids is 2. The van der Waals surface area contributed by atoms with Gasteiger partial charge in [0.25, 0.3) is 5.91 Å². The third kappa shape index (κ3) is 3.50. The van der Waals surface area contributed by atoms with E-state index in [1.54, 1.807) is 24.3 Å². The quantitative estimate of drug-likeness (QED) is 0.535. The van der Waals surface area contributed by atoms with E-state index in [9.17, 15) is 9.59 Å². The first-order chi connectivity index (χ1) is 13.2. The predicted molar refractivity (Wildman–Crippen MR) is 100 cm³/mol. The zero-order chi connectivity index (χ0) is 18.6. The van der Waals surface area contributed by atoms with Crippen molar-refractivity contribution >= 4 is 22.7 Å². The molecule has 27 heavy (non-hydrogen) atoms. The Hall–Kier alpha value is -3.67. The molecular weight excluding hydrogens is 342 g/mol. The Kier molecular flexibility index (Phi) is 4.53. The molecule has 0 saturated carbocycles. The predicted octanol–water partition coefficient (Wildman–Crippen LogP) is 3.44. The molecule has 6 heteroatoms. The fourth-order valence-corrected chi connectivity index (χ4v) is 2.95. The van der Waals surface area contributed by atoms with Crippen LogP contribution in [0, 0.1) is 0 Å². The number of furan rings is 1. The van der Waals surface area contributed by atoms with E-state index in [1.165, 1.54) is 6.26 Å². The Labute approximate surface area is 155 Å². The summed E-state index contributed by atoms with van der Waals surface area (Å²) in [6, 6.07) is 20.0. The van der Waals surface area contributed by atoms with E-state index < -0.39 is 0 Å². The van der Waals surface area contributed by atoms with Crippen LogP contribution < -0.4 is 5.32 Å². The molecule has 0 aliphatic carbocycles. The minimum absolute atomic E-state index is 0.0163. The molecule has 0 atom stereocenters. The first kappa shape index (κ1) is 16.8. The molecule has 0 aliphatic heterocycles. The van der Waals surface area contributed by atoms with Crippen molar-refractivity contribution in [1.29, 1.82) is 0 Å². The molecule has 2 heterocycles. The minimum atomic E-state index is -0.326. The molecule has 6 nitrogen and oxygen atoms in total. The Morgan fingerprint density at radius 1 is 0.963 bits per heavy atom. The standard InChI is InChI=1S/C21H17N3O3/c25-18(15-7-2-1-3-8-15)14-24-17-10-5-4-9-16(17)23-20(24)13-22-21(26)19-11-6-12-27-19/h1-12H,13-14H2,(H,22,26). The molecule has 4 rings (SSSR count). The molecule has 4 aromatic rings. The van der Waals surface area contributed by atoms with Crippen LogP contribution in [0.4, 0.5) is 0 Å². The zero-order valence-electron chi connectivity index (χ0n) is 14.5. The first-order valence-corrected chi connectivity index (χ1v) is 8.56. The molecule has 0 saturated heterocycles. The van der Waals surface area contributed by atoms with Gasteiger partial charge in [-0.25, -0.2) is 4.98 Å². The van der Waals surface area contributed by atoms with Crippen LogP contribution in [0.1, 0.15) is 26.7 Å². The monoisotopic (exact) mass is 359 g/mol. The smallest absolute Gasteiger partial charge is 0.287 e. The molecule has 1 amide bonds. The second kappa shape index (κ2) is 7.29. The number of Topliss-reactive ketones (excluding diaryl/α,β-unsaturated/α-hetero) is 1. The molecular formula is C21H17N3O3. The number of rotatable bonds is 6. The van der Waals surface area contributed by atoms with Crippen molar-refractivity contribution in [2.75, 3.05) is 0 Å². The van der Waals surface area contributed by atoms with Gasteiger partial charge in [0.15, 0.2) is 11.5 Å². The third-order valence-corrected chi connectivity index (χ3v) is 4.28. The lowest BCUT2D eigenvalue weighted by molar-refractivity contribution is 0.0922. The number of hydrogen-bond donors (Lipinski definition) is 1. The third-order valence-electron chi connectivity index (χ3n) is 4.28. The van der Waals surface area contributed by atoms with Crippen LogP contribution in [0.15, 0.2) is 77.4 Å². The highest BCUT2D eigenvalue weighted by atomic mass is 16.3. The maximum absolute atomic E-state index is 12.7. The van der Waals surface area contributed by atoms with E-state index in [1.807, 2.05) is 47.0 Å². The van der Waals surface area contributed by atoms with Gasteiger partial charge in [0, 0.05) is 5.56 Å². The number of amides is 1. The molecule has 2 aromatic carbocycles. The molecule has 0 radical (unpaired) electrons. The Bertz CT molecular complexity index is 1080. The maximum atomic E-state index is 12.7. The molecule has 0 unspecified atom stereocenters. The number of ketones is 1. The molecule has 2 aromatic heterocycles. The van der Waals surface area contributed by atoms with Crippen LogP contribution in [0.25, 0.3) is 11.0 Å². The topological polar surface area (TPSA) is 77.1 Å². The van der Waals surface area contributed by atoms with Gasteiger partial charge in [0.2, 0.25) is 0 Å². The largest absolute Gasteiger partial charge is 0.459 e. The SMILES string of the molecule is O=C(Cn1c(CNC(=O)c2ccco2)nc2ccccc21)c1ccccc1. The van der Waals surface area contributed by atoms with Crippen molar-refractivity contribution in [3.05, 3.63) is 90.1 Å². The average molecular weight is 359 g/mol. The maximum Gasteiger partial charge on any atom is 0.287 e. The van der Waals surface area contributed by atoms with Gasteiger partial charge >= 0.3 is 0 Å². The van der Waals surface area contributed by atoms with Gasteiger partial charge < -0.3 is 14.3 Å². The number of para-hydroxylation sites is 2. The summed E-state index contributed by atoms with van der Waals surface area (Å²) in [6.45, 7) is 0.340. The van der Waals surface area contributed by atoms with Crippen LogP contribution in [0.3, 0.4) is 0 Å². The molecule has 134 valence electrons. The van der Waals surface area contributed by atoms with E-state index >= 15 is 0 Å². The number of aromatic nitrogens is 2. The van der Waals surface area contributed by atoms with Crippen LogP contribution in [0.5, 0.6) is 0 Å². The van der Waals surface area contributed by atoms with Crippen molar-refractivity contribution in [3.8, 4) is 0 Å². The van der Waals surface area contributed by atoms with Gasteiger partial charge in [-0.2, -0.15) is 0 Å². The van der Waals surface area contributed by atoms with E-state index in [0.29, 0.717) is 11.4 Å². The number of benzene rings is 2. The van der Waals surface area contributed by atoms with E-state index in [4.69, 9.17) is 4.42 Å². The fraction of sp³-hybridized carbons (Fsp3) is 0.0952. The average Bonchev–Trinajstić information content (AvgIpc) is 3.36. The highest BCUT2D eigenvalue weighted by Gasteiger charge is 2.16. The highest BCUT2D eigenvalue weighted by molar-refractivity contribution is 5.96. The molecule has 0 aliphatic rings. The van der Waals surface area contributed by atoms with Crippen LogP contribution in [-0.2, 0) is 13.1 Å². The summed E-state index contributed by atoms with van der Waals surface area (Å²) >= 11 is 0. The molecule has 0 spiro atoms. The van der Waals surface area contributed by atoms with Gasteiger partial charge in [-0.1, -0.05) is 42.5 Å². The summed E-state index contributed by atoms with van der Waals surface area (Å²) in [5.41, 5.74) is 2.27. The van der Waals surface area contributed by atoms with Crippen molar-refractivity contribution < 1.29 is 14.0 Å². The van der Waals surface area contributed by atoms with Crippen molar-refractivity contribution in [3.63, 3.8) is 0 Å². The summed E-state index contributed by atoms with van der Waals surface area (Å²) < 4.78 is 6.94. The Morgan fingerprint density at radius 3 is 2.52 bits per heavy atom. The molecule has 0 bridgehead atoms. The van der Waals surface area contributed by atoms with Crippen LogP contribution >= 0.6 is 0 Å². The van der Waals surface area contributed by atoms with Crippen molar-refractivity contribution in [1.82, 2.24) is 14.9 Å². The lowest BCUT2D eigenvalue weighted by Gasteiger charge is -2.09. The van der Waals surface area contributed by atoms with Gasteiger partial charge in [-0.05, 0) is 24.3 Å². The van der Waals surface area contributed by atoms with Crippen molar-refractivity contribution in [2.45, 2.75) is 13.1 Å². The van der Waals surface area contributed by atoms with E-state index in [2.05, 4.69) is 10.3 Å². The number of nitrogens with one attached hydrogen (secondary N) is 1. The van der Waals surface area contributed by atoms with Gasteiger partial charge in [0.05, 0.1) is 30.4 Å². The lowest BCUT2D eigenvalue weighted by atomic mass is 10.1. The molecule has 0 fully saturated rings. The Morgan fingerprint density at radius 2 is 1.74 bits per heavy atom. The van der Waals surface area contributed by atoms with Gasteiger partial charge in [-0.15, -0.1) is 0 Å². The fourth-order valence-electron chi connectivity index (χ4n) is 2.95. The summed E-state index contributed by atoms with van der Waals surface area (Å²) in [5, 5.41) is 2.79. The number of nitrogens with zero attached hydrogens (tertiary/aromatic N) is 2. The van der Waals surface area contributed by atoms with Crippen molar-refractivity contribution in [2.24, 2.45) is 0 Å². The summed E-state index contributed by atoms with van der Waals surface area (Å²) in [4.78, 5) is 29.4. The number of hydrogen-bond acceptors (Lipinski definition) is 4. The summed E-state index contributed by atoms with van der Waals surface area (Å²) in [7, 11) is 0. The second-order valence-corrected chi connectivity index (χ2v) is 6.05. The van der Waals surface area contributed by atoms with Crippen LogP contribution in [-0.4, -0.2) is 21.2 Å². The zero-order valence-corrected chi connectivity index (χ0v) is 14.5. The lowest BCUT2D eigenvalue weighted by Crippen LogP contribution is -2.25. The second-order valence-electron chi connectivity index (χ2n) is 6.05. The first-order valence-electron chi connectivity index (χ1n) is 8.56. The number of fused-ring (bicyclic) bond motifs is 1. The number of carbonyl (C=O) groups is 2.